The predicted octanol–water partition coefficient (Wildman–Crippen LogP) is 4.47. The number of aromatic nitrogens is 3. The van der Waals surface area contributed by atoms with Crippen LogP contribution < -0.4 is 0 Å². The van der Waals surface area contributed by atoms with Crippen LogP contribution in [0, 0.1) is 5.92 Å². The Labute approximate surface area is 131 Å². The molecule has 2 aromatic heterocycles. The maximum atomic E-state index is 5.98. The largest absolute Gasteiger partial charge is 0.445 e. The third-order valence-corrected chi connectivity index (χ3v) is 4.04. The van der Waals surface area contributed by atoms with Gasteiger partial charge in [0.05, 0.1) is 22.6 Å². The summed E-state index contributed by atoms with van der Waals surface area (Å²) in [7, 11) is 0. The molecule has 0 spiro atoms. The highest BCUT2D eigenvalue weighted by atomic mass is 16.4. The third kappa shape index (κ3) is 2.78. The molecule has 0 amide bonds. The molecule has 1 aromatic carbocycles. The van der Waals surface area contributed by atoms with Gasteiger partial charge >= 0.3 is 0 Å². The first kappa shape index (κ1) is 14.8. The van der Waals surface area contributed by atoms with E-state index in [1.54, 1.807) is 0 Å². The summed E-state index contributed by atoms with van der Waals surface area (Å²) in [4.78, 5) is 12.6. The van der Waals surface area contributed by atoms with E-state index in [4.69, 9.17) is 4.42 Å². The van der Waals surface area contributed by atoms with E-state index in [9.17, 15) is 0 Å². The van der Waals surface area contributed by atoms with Crippen molar-refractivity contribution in [3.63, 3.8) is 0 Å². The molecule has 0 saturated heterocycles. The minimum atomic E-state index is -0.380. The van der Waals surface area contributed by atoms with Crippen LogP contribution in [0.2, 0.25) is 0 Å². The van der Waals surface area contributed by atoms with Gasteiger partial charge in [-0.3, -0.25) is 0 Å². The van der Waals surface area contributed by atoms with Crippen LogP contribution >= 0.6 is 0 Å². The SMILES string of the molecule is CC(C)CCc1cnc(C(C)(C)c2nc3ccccc3[nH]2)o1. The van der Waals surface area contributed by atoms with Crippen molar-refractivity contribution in [2.24, 2.45) is 5.92 Å². The lowest BCUT2D eigenvalue weighted by atomic mass is 9.92. The van der Waals surface area contributed by atoms with E-state index >= 15 is 0 Å². The van der Waals surface area contributed by atoms with Crippen LogP contribution in [0.5, 0.6) is 0 Å². The smallest absolute Gasteiger partial charge is 0.207 e. The highest BCUT2D eigenvalue weighted by Crippen LogP contribution is 2.30. The van der Waals surface area contributed by atoms with Crippen molar-refractivity contribution in [1.82, 2.24) is 15.0 Å². The van der Waals surface area contributed by atoms with Gasteiger partial charge in [-0.1, -0.05) is 26.0 Å². The highest BCUT2D eigenvalue weighted by molar-refractivity contribution is 5.75. The molecule has 0 fully saturated rings. The molecule has 0 aliphatic carbocycles. The number of para-hydroxylation sites is 2. The number of fused-ring (bicyclic) bond motifs is 1. The number of nitrogens with one attached hydrogen (secondary N) is 1. The summed E-state index contributed by atoms with van der Waals surface area (Å²) in [6, 6.07) is 8.04. The first-order valence-corrected chi connectivity index (χ1v) is 7.87. The van der Waals surface area contributed by atoms with Crippen molar-refractivity contribution < 1.29 is 4.42 Å². The van der Waals surface area contributed by atoms with Crippen LogP contribution in [-0.2, 0) is 11.8 Å². The lowest BCUT2D eigenvalue weighted by Crippen LogP contribution is -2.21. The zero-order valence-corrected chi connectivity index (χ0v) is 13.7. The van der Waals surface area contributed by atoms with Crippen LogP contribution in [-0.4, -0.2) is 15.0 Å². The molecule has 116 valence electrons. The second-order valence-corrected chi connectivity index (χ2v) is 6.79. The van der Waals surface area contributed by atoms with Gasteiger partial charge in [-0.15, -0.1) is 0 Å². The number of oxazole rings is 1. The maximum absolute atomic E-state index is 5.98. The van der Waals surface area contributed by atoms with E-state index in [2.05, 4.69) is 42.6 Å². The Kier molecular flexibility index (Phi) is 3.77. The van der Waals surface area contributed by atoms with E-state index in [0.717, 1.165) is 35.5 Å². The lowest BCUT2D eigenvalue weighted by molar-refractivity contribution is 0.374. The molecule has 4 heteroatoms. The number of aryl methyl sites for hydroxylation is 1. The molecular formula is C18H23N3O. The minimum absolute atomic E-state index is 0.380. The molecule has 0 bridgehead atoms. The molecule has 0 unspecified atom stereocenters. The first-order valence-electron chi connectivity index (χ1n) is 7.87. The van der Waals surface area contributed by atoms with Gasteiger partial charge in [-0.25, -0.2) is 9.97 Å². The average Bonchev–Trinajstić information content (AvgIpc) is 3.12. The highest BCUT2D eigenvalue weighted by Gasteiger charge is 2.32. The third-order valence-electron chi connectivity index (χ3n) is 4.04. The fraction of sp³-hybridized carbons (Fsp3) is 0.444. The van der Waals surface area contributed by atoms with Crippen LogP contribution in [0.1, 0.15) is 51.6 Å². The van der Waals surface area contributed by atoms with Crippen LogP contribution in [0.4, 0.5) is 0 Å². The quantitative estimate of drug-likeness (QED) is 0.756. The van der Waals surface area contributed by atoms with Gasteiger partial charge in [-0.05, 0) is 38.3 Å². The first-order chi connectivity index (χ1) is 10.5. The van der Waals surface area contributed by atoms with Gasteiger partial charge in [0, 0.05) is 6.42 Å². The second kappa shape index (κ2) is 5.59. The van der Waals surface area contributed by atoms with Crippen molar-refractivity contribution in [3.05, 3.63) is 47.9 Å². The molecule has 1 N–H and O–H groups in total. The summed E-state index contributed by atoms with van der Waals surface area (Å²) < 4.78 is 5.98. The minimum Gasteiger partial charge on any atom is -0.445 e. The van der Waals surface area contributed by atoms with E-state index in [1.165, 1.54) is 0 Å². The van der Waals surface area contributed by atoms with Crippen molar-refractivity contribution in [2.75, 3.05) is 0 Å². The Morgan fingerprint density at radius 2 is 2.00 bits per heavy atom. The molecule has 22 heavy (non-hydrogen) atoms. The van der Waals surface area contributed by atoms with Crippen molar-refractivity contribution in [2.45, 2.75) is 46.0 Å². The van der Waals surface area contributed by atoms with Crippen LogP contribution in [0.15, 0.2) is 34.9 Å². The monoisotopic (exact) mass is 297 g/mol. The molecule has 0 saturated carbocycles. The maximum Gasteiger partial charge on any atom is 0.207 e. The van der Waals surface area contributed by atoms with Crippen molar-refractivity contribution in [3.8, 4) is 0 Å². The molecule has 3 aromatic rings. The zero-order valence-electron chi connectivity index (χ0n) is 13.7. The number of nitrogens with zero attached hydrogens (tertiary/aromatic N) is 2. The molecule has 0 radical (unpaired) electrons. The Hall–Kier alpha value is -2.10. The van der Waals surface area contributed by atoms with Gasteiger partial charge in [-0.2, -0.15) is 0 Å². The fourth-order valence-corrected chi connectivity index (χ4v) is 2.49. The van der Waals surface area contributed by atoms with Crippen molar-refractivity contribution >= 4 is 11.0 Å². The summed E-state index contributed by atoms with van der Waals surface area (Å²) in [5.74, 6) is 3.21. The Bertz CT molecular complexity index is 734. The number of hydrogen-bond donors (Lipinski definition) is 1. The van der Waals surface area contributed by atoms with E-state index in [1.807, 2.05) is 30.5 Å². The van der Waals surface area contributed by atoms with Gasteiger partial charge < -0.3 is 9.40 Å². The number of imidazole rings is 1. The Morgan fingerprint density at radius 1 is 1.23 bits per heavy atom. The van der Waals surface area contributed by atoms with Crippen LogP contribution in [0.3, 0.4) is 0 Å². The molecule has 0 aliphatic rings. The normalized spacial score (nSPS) is 12.4. The Morgan fingerprint density at radius 3 is 2.73 bits per heavy atom. The second-order valence-electron chi connectivity index (χ2n) is 6.79. The molecule has 4 nitrogen and oxygen atoms in total. The van der Waals surface area contributed by atoms with E-state index in [-0.39, 0.29) is 5.41 Å². The van der Waals surface area contributed by atoms with Gasteiger partial charge in [0.1, 0.15) is 11.6 Å². The van der Waals surface area contributed by atoms with Gasteiger partial charge in [0.25, 0.3) is 0 Å². The van der Waals surface area contributed by atoms with Crippen LogP contribution in [0.25, 0.3) is 11.0 Å². The molecule has 0 aliphatic heterocycles. The summed E-state index contributed by atoms with van der Waals surface area (Å²) >= 11 is 0. The standard InChI is InChI=1S/C18H23N3O/c1-12(2)9-10-13-11-19-17(22-13)18(3,4)16-20-14-7-5-6-8-15(14)21-16/h5-8,11-12H,9-10H2,1-4H3,(H,20,21). The van der Waals surface area contributed by atoms with Gasteiger partial charge in [0.2, 0.25) is 5.89 Å². The van der Waals surface area contributed by atoms with E-state index in [0.29, 0.717) is 11.8 Å². The molecule has 2 heterocycles. The predicted molar refractivity (Wildman–Crippen MR) is 87.9 cm³/mol. The molecule has 0 atom stereocenters. The zero-order chi connectivity index (χ0) is 15.7. The summed E-state index contributed by atoms with van der Waals surface area (Å²) in [5, 5.41) is 0. The fourth-order valence-electron chi connectivity index (χ4n) is 2.49. The van der Waals surface area contributed by atoms with Crippen molar-refractivity contribution in [1.29, 1.82) is 0 Å². The summed E-state index contributed by atoms with van der Waals surface area (Å²) in [6.07, 6.45) is 3.89. The lowest BCUT2D eigenvalue weighted by Gasteiger charge is -2.17. The average molecular weight is 297 g/mol. The number of aromatic amines is 1. The van der Waals surface area contributed by atoms with E-state index < -0.39 is 0 Å². The number of H-pyrrole nitrogens is 1. The van der Waals surface area contributed by atoms with Gasteiger partial charge in [0.15, 0.2) is 0 Å². The molecule has 3 rings (SSSR count). The summed E-state index contributed by atoms with van der Waals surface area (Å²) in [5.41, 5.74) is 1.63. The summed E-state index contributed by atoms with van der Waals surface area (Å²) in [6.45, 7) is 8.61. The number of hydrogen-bond acceptors (Lipinski definition) is 3. The topological polar surface area (TPSA) is 54.7 Å². The molecular weight excluding hydrogens is 274 g/mol. The Balaban J connectivity index is 1.88. The number of rotatable bonds is 5. The number of benzene rings is 1.